The minimum atomic E-state index is -3.00. The molecular weight excluding hydrogens is 238 g/mol. The van der Waals surface area contributed by atoms with Crippen molar-refractivity contribution >= 4 is 27.3 Å². The second-order valence-corrected chi connectivity index (χ2v) is 5.94. The van der Waals surface area contributed by atoms with Crippen LogP contribution in [0.3, 0.4) is 0 Å². The molecule has 0 radical (unpaired) electrons. The molecule has 7 heteroatoms. The van der Waals surface area contributed by atoms with Crippen molar-refractivity contribution in [1.29, 1.82) is 0 Å². The molecule has 0 aromatic carbocycles. The van der Waals surface area contributed by atoms with E-state index in [1.165, 1.54) is 18.6 Å². The van der Waals surface area contributed by atoms with Gasteiger partial charge >= 0.3 is 0 Å². The van der Waals surface area contributed by atoms with E-state index in [4.69, 9.17) is 11.6 Å². The summed E-state index contributed by atoms with van der Waals surface area (Å²) in [5, 5.41) is 3.17. The molecule has 0 aliphatic heterocycles. The maximum Gasteiger partial charge on any atom is 0.149 e. The van der Waals surface area contributed by atoms with E-state index in [-0.39, 0.29) is 16.9 Å². The van der Waals surface area contributed by atoms with Gasteiger partial charge in [0.25, 0.3) is 0 Å². The van der Waals surface area contributed by atoms with Gasteiger partial charge in [-0.25, -0.2) is 13.4 Å². The number of nitrogens with one attached hydrogen (secondary N) is 1. The van der Waals surface area contributed by atoms with Gasteiger partial charge in [0, 0.05) is 12.3 Å². The van der Waals surface area contributed by atoms with Crippen LogP contribution in [0.25, 0.3) is 0 Å². The molecule has 15 heavy (non-hydrogen) atoms. The van der Waals surface area contributed by atoms with E-state index in [0.717, 1.165) is 0 Å². The number of hydrogen-bond donors (Lipinski definition) is 1. The Labute approximate surface area is 93.8 Å². The maximum atomic E-state index is 11.0. The molecule has 0 aliphatic carbocycles. The Hall–Kier alpha value is -0.880. The third-order valence-electron chi connectivity index (χ3n) is 1.55. The molecule has 1 unspecified atom stereocenters. The number of rotatable bonds is 4. The third-order valence-corrected chi connectivity index (χ3v) is 2.84. The van der Waals surface area contributed by atoms with Crippen LogP contribution in [-0.4, -0.2) is 36.4 Å². The van der Waals surface area contributed by atoms with Crippen LogP contribution in [0.2, 0.25) is 5.15 Å². The summed E-state index contributed by atoms with van der Waals surface area (Å²) in [5.74, 6) is 0.514. The number of halogens is 1. The van der Waals surface area contributed by atoms with E-state index in [1.807, 2.05) is 0 Å². The first-order valence-electron chi connectivity index (χ1n) is 4.28. The lowest BCUT2D eigenvalue weighted by atomic mass is 10.4. The monoisotopic (exact) mass is 249 g/mol. The van der Waals surface area contributed by atoms with Crippen molar-refractivity contribution in [2.45, 2.75) is 13.0 Å². The Balaban J connectivity index is 2.63. The fourth-order valence-corrected chi connectivity index (χ4v) is 2.30. The molecule has 1 aromatic rings. The number of nitrogens with zero attached hydrogens (tertiary/aromatic N) is 2. The van der Waals surface area contributed by atoms with Crippen molar-refractivity contribution in [2.24, 2.45) is 0 Å². The van der Waals surface area contributed by atoms with Crippen LogP contribution < -0.4 is 5.32 Å². The standard InChI is InChI=1S/C8H12ClN3O2S/c1-6(5-15(2,13)14)11-8-4-10-3-7(9)12-8/h3-4,6H,5H2,1-2H3,(H,11,12). The fraction of sp³-hybridized carbons (Fsp3) is 0.500. The second-order valence-electron chi connectivity index (χ2n) is 3.36. The third kappa shape index (κ3) is 4.94. The van der Waals surface area contributed by atoms with Crippen LogP contribution in [0.5, 0.6) is 0 Å². The van der Waals surface area contributed by atoms with Crippen molar-refractivity contribution in [3.8, 4) is 0 Å². The molecule has 1 N–H and O–H groups in total. The van der Waals surface area contributed by atoms with Gasteiger partial charge in [-0.05, 0) is 6.92 Å². The highest BCUT2D eigenvalue weighted by Gasteiger charge is 2.10. The molecule has 0 bridgehead atoms. The summed E-state index contributed by atoms with van der Waals surface area (Å²) < 4.78 is 22.0. The first-order chi connectivity index (χ1) is 6.87. The zero-order valence-corrected chi connectivity index (χ0v) is 10.0. The number of aromatic nitrogens is 2. The summed E-state index contributed by atoms with van der Waals surface area (Å²) in [5.41, 5.74) is 0. The van der Waals surface area contributed by atoms with Gasteiger partial charge in [-0.15, -0.1) is 0 Å². The Morgan fingerprint density at radius 1 is 1.53 bits per heavy atom. The van der Waals surface area contributed by atoms with Gasteiger partial charge < -0.3 is 5.32 Å². The quantitative estimate of drug-likeness (QED) is 0.861. The van der Waals surface area contributed by atoms with Crippen LogP contribution in [0.15, 0.2) is 12.4 Å². The van der Waals surface area contributed by atoms with Gasteiger partial charge in [-0.2, -0.15) is 0 Å². The molecule has 84 valence electrons. The zero-order valence-electron chi connectivity index (χ0n) is 8.44. The van der Waals surface area contributed by atoms with Gasteiger partial charge in [0.05, 0.1) is 18.1 Å². The molecule has 0 fully saturated rings. The molecule has 1 rings (SSSR count). The highest BCUT2D eigenvalue weighted by molar-refractivity contribution is 7.90. The van der Waals surface area contributed by atoms with Crippen molar-refractivity contribution < 1.29 is 8.42 Å². The van der Waals surface area contributed by atoms with E-state index in [9.17, 15) is 8.42 Å². The largest absolute Gasteiger partial charge is 0.365 e. The molecule has 0 saturated carbocycles. The molecule has 0 aliphatic rings. The summed E-state index contributed by atoms with van der Waals surface area (Å²) in [6.07, 6.45) is 4.09. The Kier molecular flexibility index (Phi) is 3.87. The SMILES string of the molecule is CC(CS(C)(=O)=O)Nc1cncc(Cl)n1. The number of anilines is 1. The molecule has 0 amide bonds. The summed E-state index contributed by atoms with van der Waals surface area (Å²) >= 11 is 5.63. The van der Waals surface area contributed by atoms with Gasteiger partial charge in [0.2, 0.25) is 0 Å². The number of hydrogen-bond acceptors (Lipinski definition) is 5. The van der Waals surface area contributed by atoms with E-state index >= 15 is 0 Å². The average Bonchev–Trinajstić information content (AvgIpc) is 1.99. The predicted molar refractivity (Wildman–Crippen MR) is 59.8 cm³/mol. The van der Waals surface area contributed by atoms with E-state index in [1.54, 1.807) is 6.92 Å². The average molecular weight is 250 g/mol. The molecule has 0 spiro atoms. The van der Waals surface area contributed by atoms with E-state index < -0.39 is 9.84 Å². The Bertz CT molecular complexity index is 435. The molecule has 0 saturated heterocycles. The zero-order chi connectivity index (χ0) is 11.5. The summed E-state index contributed by atoms with van der Waals surface area (Å²) in [6, 6.07) is -0.229. The molecule has 1 aromatic heterocycles. The van der Waals surface area contributed by atoms with Crippen molar-refractivity contribution in [2.75, 3.05) is 17.3 Å². The molecular formula is C8H12ClN3O2S. The molecule has 5 nitrogen and oxygen atoms in total. The van der Waals surface area contributed by atoms with E-state index in [0.29, 0.717) is 5.82 Å². The lowest BCUT2D eigenvalue weighted by Gasteiger charge is -2.12. The van der Waals surface area contributed by atoms with Crippen LogP contribution in [0.4, 0.5) is 5.82 Å². The maximum absolute atomic E-state index is 11.0. The minimum Gasteiger partial charge on any atom is -0.365 e. The second kappa shape index (κ2) is 4.76. The highest BCUT2D eigenvalue weighted by Crippen LogP contribution is 2.08. The van der Waals surface area contributed by atoms with Crippen molar-refractivity contribution in [1.82, 2.24) is 9.97 Å². The van der Waals surface area contributed by atoms with Crippen LogP contribution in [-0.2, 0) is 9.84 Å². The first kappa shape index (κ1) is 12.2. The number of sulfone groups is 1. The van der Waals surface area contributed by atoms with Gasteiger partial charge in [-0.3, -0.25) is 4.98 Å². The normalized spacial score (nSPS) is 13.5. The predicted octanol–water partition coefficient (Wildman–Crippen LogP) is 0.975. The summed E-state index contributed by atoms with van der Waals surface area (Å²) in [7, 11) is -3.00. The first-order valence-corrected chi connectivity index (χ1v) is 6.72. The van der Waals surface area contributed by atoms with Crippen molar-refractivity contribution in [3.05, 3.63) is 17.5 Å². The summed E-state index contributed by atoms with van der Waals surface area (Å²) in [4.78, 5) is 7.77. The molecule has 1 heterocycles. The van der Waals surface area contributed by atoms with Gasteiger partial charge in [-0.1, -0.05) is 11.6 Å². The Morgan fingerprint density at radius 3 is 2.73 bits per heavy atom. The van der Waals surface area contributed by atoms with E-state index in [2.05, 4.69) is 15.3 Å². The lowest BCUT2D eigenvalue weighted by Crippen LogP contribution is -2.25. The summed E-state index contributed by atoms with van der Waals surface area (Å²) in [6.45, 7) is 1.75. The minimum absolute atomic E-state index is 0.0429. The molecule has 1 atom stereocenters. The fourth-order valence-electron chi connectivity index (χ4n) is 1.16. The topological polar surface area (TPSA) is 72.0 Å². The van der Waals surface area contributed by atoms with Gasteiger partial charge in [0.1, 0.15) is 20.8 Å². The lowest BCUT2D eigenvalue weighted by molar-refractivity contribution is 0.598. The Morgan fingerprint density at radius 2 is 2.20 bits per heavy atom. The van der Waals surface area contributed by atoms with Gasteiger partial charge in [0.15, 0.2) is 0 Å². The van der Waals surface area contributed by atoms with Crippen molar-refractivity contribution in [3.63, 3.8) is 0 Å². The van der Waals surface area contributed by atoms with Crippen LogP contribution in [0, 0.1) is 0 Å². The van der Waals surface area contributed by atoms with Crippen LogP contribution >= 0.6 is 11.6 Å². The van der Waals surface area contributed by atoms with Crippen LogP contribution in [0.1, 0.15) is 6.92 Å². The smallest absolute Gasteiger partial charge is 0.149 e. The highest BCUT2D eigenvalue weighted by atomic mass is 35.5.